The van der Waals surface area contributed by atoms with Crippen LogP contribution in [0.4, 0.5) is 0 Å². The number of rotatable bonds is 8. The lowest BCUT2D eigenvalue weighted by Crippen LogP contribution is -2.27. The highest BCUT2D eigenvalue weighted by atomic mass is 15.1. The van der Waals surface area contributed by atoms with Crippen LogP contribution in [0.25, 0.3) is 0 Å². The lowest BCUT2D eigenvalue weighted by molar-refractivity contribution is 0.304. The standard InChI is InChI=1S/C12H26N2/c1-4-12(13-2)6-5-9-14(3)10-11-7-8-11/h11-13H,4-10H2,1-3H3. The van der Waals surface area contributed by atoms with E-state index in [0.29, 0.717) is 0 Å². The molecule has 0 aromatic rings. The van der Waals surface area contributed by atoms with Crippen LogP contribution in [0.3, 0.4) is 0 Å². The van der Waals surface area contributed by atoms with Gasteiger partial charge in [0.15, 0.2) is 0 Å². The molecule has 0 aromatic carbocycles. The molecule has 1 aliphatic rings. The molecule has 0 spiro atoms. The normalized spacial score (nSPS) is 18.9. The van der Waals surface area contributed by atoms with Crippen LogP contribution < -0.4 is 5.32 Å². The molecule has 1 N–H and O–H groups in total. The molecule has 0 heterocycles. The van der Waals surface area contributed by atoms with E-state index in [1.165, 1.54) is 45.2 Å². The zero-order valence-corrected chi connectivity index (χ0v) is 10.1. The highest BCUT2D eigenvalue weighted by Crippen LogP contribution is 2.29. The third-order valence-electron chi connectivity index (χ3n) is 3.26. The molecule has 1 saturated carbocycles. The second kappa shape index (κ2) is 6.41. The van der Waals surface area contributed by atoms with Gasteiger partial charge in [-0.05, 0) is 58.7 Å². The molecule has 0 bridgehead atoms. The molecule has 2 nitrogen and oxygen atoms in total. The first-order valence-electron chi connectivity index (χ1n) is 6.12. The van der Waals surface area contributed by atoms with Gasteiger partial charge in [-0.1, -0.05) is 6.92 Å². The molecule has 1 fully saturated rings. The summed E-state index contributed by atoms with van der Waals surface area (Å²) in [7, 11) is 4.33. The number of hydrogen-bond acceptors (Lipinski definition) is 2. The maximum Gasteiger partial charge on any atom is 0.00619 e. The number of nitrogens with one attached hydrogen (secondary N) is 1. The molecule has 0 saturated heterocycles. The van der Waals surface area contributed by atoms with Crippen molar-refractivity contribution in [2.45, 2.75) is 45.1 Å². The predicted molar refractivity (Wildman–Crippen MR) is 62.6 cm³/mol. The predicted octanol–water partition coefficient (Wildman–Crippen LogP) is 2.11. The SMILES string of the molecule is CCC(CCCN(C)CC1CC1)NC. The summed E-state index contributed by atoms with van der Waals surface area (Å²) in [5.74, 6) is 1.03. The van der Waals surface area contributed by atoms with Crippen molar-refractivity contribution in [3.05, 3.63) is 0 Å². The van der Waals surface area contributed by atoms with Gasteiger partial charge in [0.25, 0.3) is 0 Å². The molecule has 84 valence electrons. The molecule has 0 aliphatic heterocycles. The maximum atomic E-state index is 3.36. The van der Waals surface area contributed by atoms with Crippen molar-refractivity contribution in [3.63, 3.8) is 0 Å². The van der Waals surface area contributed by atoms with E-state index in [4.69, 9.17) is 0 Å². The highest BCUT2D eigenvalue weighted by molar-refractivity contribution is 4.76. The lowest BCUT2D eigenvalue weighted by atomic mass is 10.1. The molecule has 0 amide bonds. The minimum atomic E-state index is 0.726. The Morgan fingerprint density at radius 2 is 2.14 bits per heavy atom. The van der Waals surface area contributed by atoms with Gasteiger partial charge in [0.1, 0.15) is 0 Å². The summed E-state index contributed by atoms with van der Waals surface area (Å²) in [6, 6.07) is 0.726. The van der Waals surface area contributed by atoms with Crippen molar-refractivity contribution in [3.8, 4) is 0 Å². The van der Waals surface area contributed by atoms with Gasteiger partial charge < -0.3 is 10.2 Å². The van der Waals surface area contributed by atoms with E-state index < -0.39 is 0 Å². The Balaban J connectivity index is 1.95. The summed E-state index contributed by atoms with van der Waals surface area (Å²) in [6.07, 6.45) is 6.85. The average molecular weight is 198 g/mol. The molecule has 1 rings (SSSR count). The summed E-state index contributed by atoms with van der Waals surface area (Å²) in [5.41, 5.74) is 0. The minimum absolute atomic E-state index is 0.726. The molecule has 1 aliphatic carbocycles. The molecular formula is C12H26N2. The van der Waals surface area contributed by atoms with Gasteiger partial charge in [0, 0.05) is 12.6 Å². The van der Waals surface area contributed by atoms with E-state index in [1.807, 2.05) is 0 Å². The Kier molecular flexibility index (Phi) is 5.49. The van der Waals surface area contributed by atoms with E-state index in [0.717, 1.165) is 12.0 Å². The fourth-order valence-electron chi connectivity index (χ4n) is 1.99. The maximum absolute atomic E-state index is 3.36. The number of hydrogen-bond donors (Lipinski definition) is 1. The van der Waals surface area contributed by atoms with Gasteiger partial charge in [-0.3, -0.25) is 0 Å². The highest BCUT2D eigenvalue weighted by Gasteiger charge is 2.22. The minimum Gasteiger partial charge on any atom is -0.317 e. The molecule has 2 heteroatoms. The van der Waals surface area contributed by atoms with Gasteiger partial charge in [0.2, 0.25) is 0 Å². The van der Waals surface area contributed by atoms with Crippen LogP contribution in [0, 0.1) is 5.92 Å². The summed E-state index contributed by atoms with van der Waals surface area (Å²) >= 11 is 0. The third kappa shape index (κ3) is 4.97. The second-order valence-electron chi connectivity index (χ2n) is 4.74. The van der Waals surface area contributed by atoms with Crippen molar-refractivity contribution in [2.24, 2.45) is 5.92 Å². The summed E-state index contributed by atoms with van der Waals surface area (Å²) in [6.45, 7) is 4.86. The molecule has 0 aromatic heterocycles. The summed E-state index contributed by atoms with van der Waals surface area (Å²) in [5, 5.41) is 3.36. The van der Waals surface area contributed by atoms with Gasteiger partial charge in [0.05, 0.1) is 0 Å². The Hall–Kier alpha value is -0.0800. The van der Waals surface area contributed by atoms with Crippen molar-refractivity contribution in [2.75, 3.05) is 27.2 Å². The topological polar surface area (TPSA) is 15.3 Å². The first-order chi connectivity index (χ1) is 6.76. The van der Waals surface area contributed by atoms with Crippen LogP contribution in [-0.2, 0) is 0 Å². The summed E-state index contributed by atoms with van der Waals surface area (Å²) in [4.78, 5) is 2.50. The third-order valence-corrected chi connectivity index (χ3v) is 3.26. The van der Waals surface area contributed by atoms with Crippen molar-refractivity contribution >= 4 is 0 Å². The van der Waals surface area contributed by atoms with Gasteiger partial charge in [-0.2, -0.15) is 0 Å². The van der Waals surface area contributed by atoms with E-state index in [1.54, 1.807) is 0 Å². The first kappa shape index (κ1) is 12.0. The van der Waals surface area contributed by atoms with E-state index in [-0.39, 0.29) is 0 Å². The molecule has 14 heavy (non-hydrogen) atoms. The Morgan fingerprint density at radius 1 is 1.43 bits per heavy atom. The van der Waals surface area contributed by atoms with E-state index >= 15 is 0 Å². The fraction of sp³-hybridized carbons (Fsp3) is 1.00. The Morgan fingerprint density at radius 3 is 2.64 bits per heavy atom. The largest absolute Gasteiger partial charge is 0.317 e. The van der Waals surface area contributed by atoms with Gasteiger partial charge >= 0.3 is 0 Å². The van der Waals surface area contributed by atoms with E-state index in [9.17, 15) is 0 Å². The average Bonchev–Trinajstić information content (AvgIpc) is 2.96. The second-order valence-corrected chi connectivity index (χ2v) is 4.74. The molecule has 1 atom stereocenters. The quantitative estimate of drug-likeness (QED) is 0.642. The summed E-state index contributed by atoms with van der Waals surface area (Å²) < 4.78 is 0. The molecule has 1 unspecified atom stereocenters. The monoisotopic (exact) mass is 198 g/mol. The number of nitrogens with zero attached hydrogens (tertiary/aromatic N) is 1. The Labute approximate surface area is 89.1 Å². The van der Waals surface area contributed by atoms with Crippen LogP contribution in [-0.4, -0.2) is 38.1 Å². The smallest absolute Gasteiger partial charge is 0.00619 e. The van der Waals surface area contributed by atoms with Crippen molar-refractivity contribution < 1.29 is 0 Å². The molecular weight excluding hydrogens is 172 g/mol. The van der Waals surface area contributed by atoms with Gasteiger partial charge in [-0.15, -0.1) is 0 Å². The van der Waals surface area contributed by atoms with E-state index in [2.05, 4.69) is 31.2 Å². The zero-order valence-electron chi connectivity index (χ0n) is 10.1. The van der Waals surface area contributed by atoms with Crippen LogP contribution in [0.5, 0.6) is 0 Å². The lowest BCUT2D eigenvalue weighted by Gasteiger charge is -2.18. The van der Waals surface area contributed by atoms with Crippen molar-refractivity contribution in [1.29, 1.82) is 0 Å². The van der Waals surface area contributed by atoms with Crippen LogP contribution >= 0.6 is 0 Å². The van der Waals surface area contributed by atoms with Crippen molar-refractivity contribution in [1.82, 2.24) is 10.2 Å². The fourth-order valence-corrected chi connectivity index (χ4v) is 1.99. The Bertz CT molecular complexity index is 139. The van der Waals surface area contributed by atoms with Crippen LogP contribution in [0.2, 0.25) is 0 Å². The first-order valence-corrected chi connectivity index (χ1v) is 6.12. The van der Waals surface area contributed by atoms with Gasteiger partial charge in [-0.25, -0.2) is 0 Å². The zero-order chi connectivity index (χ0) is 10.4. The molecule has 0 radical (unpaired) electrons. The van der Waals surface area contributed by atoms with Crippen LogP contribution in [0.15, 0.2) is 0 Å². The van der Waals surface area contributed by atoms with Crippen LogP contribution in [0.1, 0.15) is 39.0 Å².